The first-order valence-electron chi connectivity index (χ1n) is 6.23. The van der Waals surface area contributed by atoms with Gasteiger partial charge in [0, 0.05) is 6.20 Å². The Morgan fingerprint density at radius 1 is 1.35 bits per heavy atom. The molecule has 3 N–H and O–H groups in total. The number of anilines is 2. The second-order valence-corrected chi connectivity index (χ2v) is 4.46. The number of methoxy groups -OCH3 is 1. The lowest BCUT2D eigenvalue weighted by Crippen LogP contribution is -2.23. The fourth-order valence-corrected chi connectivity index (χ4v) is 1.89. The van der Waals surface area contributed by atoms with Crippen LogP contribution in [0.4, 0.5) is 11.5 Å². The van der Waals surface area contributed by atoms with Crippen molar-refractivity contribution in [2.75, 3.05) is 18.2 Å². The first kappa shape index (κ1) is 13.9. The second kappa shape index (κ2) is 6.06. The molecule has 1 heterocycles. The number of ether oxygens (including phenoxy) is 1. The van der Waals surface area contributed by atoms with Crippen LogP contribution in [0.3, 0.4) is 0 Å². The van der Waals surface area contributed by atoms with E-state index in [0.29, 0.717) is 11.5 Å². The summed E-state index contributed by atoms with van der Waals surface area (Å²) >= 11 is 0. The van der Waals surface area contributed by atoms with Crippen LogP contribution in [0.1, 0.15) is 17.2 Å². The molecule has 0 saturated carbocycles. The van der Waals surface area contributed by atoms with Crippen molar-refractivity contribution < 1.29 is 9.53 Å². The minimum Gasteiger partial charge on any atom is -0.467 e. The molecule has 1 aromatic heterocycles. The maximum atomic E-state index is 11.9. The van der Waals surface area contributed by atoms with E-state index in [4.69, 9.17) is 10.5 Å². The van der Waals surface area contributed by atoms with E-state index in [2.05, 4.69) is 10.3 Å². The van der Waals surface area contributed by atoms with E-state index >= 15 is 0 Å². The molecule has 5 heteroatoms. The van der Waals surface area contributed by atoms with Crippen LogP contribution >= 0.6 is 0 Å². The summed E-state index contributed by atoms with van der Waals surface area (Å²) in [6.45, 7) is 1.90. The molecule has 20 heavy (non-hydrogen) atoms. The highest BCUT2D eigenvalue weighted by molar-refractivity contribution is 5.82. The number of aryl methyl sites for hydroxylation is 1. The Labute approximate surface area is 117 Å². The van der Waals surface area contributed by atoms with Crippen LogP contribution in [0.2, 0.25) is 0 Å². The molecule has 0 bridgehead atoms. The van der Waals surface area contributed by atoms with Crippen LogP contribution in [0, 0.1) is 6.92 Å². The third kappa shape index (κ3) is 3.06. The molecule has 0 aliphatic rings. The number of esters is 1. The van der Waals surface area contributed by atoms with Crippen molar-refractivity contribution >= 4 is 17.5 Å². The number of rotatable bonds is 4. The van der Waals surface area contributed by atoms with Gasteiger partial charge in [-0.05, 0) is 24.1 Å². The van der Waals surface area contributed by atoms with Crippen LogP contribution in [0.15, 0.2) is 42.6 Å². The van der Waals surface area contributed by atoms with Crippen LogP contribution in [0.5, 0.6) is 0 Å². The number of nitrogens with two attached hydrogens (primary N) is 1. The first-order chi connectivity index (χ1) is 9.61. The highest BCUT2D eigenvalue weighted by Crippen LogP contribution is 2.23. The fraction of sp³-hybridized carbons (Fsp3) is 0.200. The van der Waals surface area contributed by atoms with Crippen LogP contribution < -0.4 is 11.1 Å². The average Bonchev–Trinajstić information content (AvgIpc) is 2.46. The molecule has 1 unspecified atom stereocenters. The quantitative estimate of drug-likeness (QED) is 0.834. The molecule has 1 atom stereocenters. The van der Waals surface area contributed by atoms with Crippen molar-refractivity contribution in [3.63, 3.8) is 0 Å². The van der Waals surface area contributed by atoms with E-state index in [9.17, 15) is 4.79 Å². The number of carbonyl (C=O) groups is 1. The smallest absolute Gasteiger partial charge is 0.333 e. The Kier molecular flexibility index (Phi) is 4.20. The zero-order chi connectivity index (χ0) is 14.5. The predicted octanol–water partition coefficient (Wildman–Crippen LogP) is 2.30. The summed E-state index contributed by atoms with van der Waals surface area (Å²) in [4.78, 5) is 16.2. The lowest BCUT2D eigenvalue weighted by molar-refractivity contribution is -0.141. The van der Waals surface area contributed by atoms with Crippen molar-refractivity contribution in [2.45, 2.75) is 13.0 Å². The summed E-state index contributed by atoms with van der Waals surface area (Å²) < 4.78 is 4.83. The number of hydrogen-bond acceptors (Lipinski definition) is 5. The molecular weight excluding hydrogens is 254 g/mol. The Hall–Kier alpha value is -2.56. The van der Waals surface area contributed by atoms with Gasteiger partial charge < -0.3 is 15.8 Å². The van der Waals surface area contributed by atoms with E-state index < -0.39 is 12.0 Å². The molecule has 2 rings (SSSR count). The zero-order valence-corrected chi connectivity index (χ0v) is 11.5. The number of nitrogen functional groups attached to an aromatic ring is 1. The van der Waals surface area contributed by atoms with Gasteiger partial charge in [-0.25, -0.2) is 9.78 Å². The molecule has 0 amide bonds. The minimum absolute atomic E-state index is 0.391. The van der Waals surface area contributed by atoms with Gasteiger partial charge in [-0.2, -0.15) is 0 Å². The summed E-state index contributed by atoms with van der Waals surface area (Å²) in [5.41, 5.74) is 8.16. The molecule has 0 fully saturated rings. The number of hydrogen-bond donors (Lipinski definition) is 2. The number of benzene rings is 1. The Morgan fingerprint density at radius 3 is 2.65 bits per heavy atom. The van der Waals surface area contributed by atoms with Crippen molar-refractivity contribution in [3.8, 4) is 0 Å². The minimum atomic E-state index is -0.640. The van der Waals surface area contributed by atoms with Crippen molar-refractivity contribution in [1.82, 2.24) is 4.98 Å². The molecule has 5 nitrogen and oxygen atoms in total. The summed E-state index contributed by atoms with van der Waals surface area (Å²) in [5, 5.41) is 3.03. The van der Waals surface area contributed by atoms with Gasteiger partial charge in [0.15, 0.2) is 6.04 Å². The van der Waals surface area contributed by atoms with Crippen LogP contribution in [-0.2, 0) is 9.53 Å². The second-order valence-electron chi connectivity index (χ2n) is 4.46. The number of aromatic nitrogens is 1. The molecule has 0 aliphatic heterocycles. The average molecular weight is 271 g/mol. The monoisotopic (exact) mass is 271 g/mol. The third-order valence-electron chi connectivity index (χ3n) is 2.90. The SMILES string of the molecule is COC(=O)C(Nc1ncc(C)cc1N)c1ccccc1. The Balaban J connectivity index is 2.31. The number of nitrogens with zero attached hydrogens (tertiary/aromatic N) is 1. The molecule has 0 aliphatic carbocycles. The topological polar surface area (TPSA) is 77.2 Å². The normalized spacial score (nSPS) is 11.7. The summed E-state index contributed by atoms with van der Waals surface area (Å²) in [5.74, 6) is 0.0767. The summed E-state index contributed by atoms with van der Waals surface area (Å²) in [6.07, 6.45) is 1.69. The van der Waals surface area contributed by atoms with Gasteiger partial charge in [0.2, 0.25) is 0 Å². The van der Waals surface area contributed by atoms with Gasteiger partial charge >= 0.3 is 5.97 Å². The highest BCUT2D eigenvalue weighted by atomic mass is 16.5. The van der Waals surface area contributed by atoms with E-state index in [-0.39, 0.29) is 0 Å². The maximum absolute atomic E-state index is 11.9. The predicted molar refractivity (Wildman–Crippen MR) is 78.2 cm³/mol. The lowest BCUT2D eigenvalue weighted by atomic mass is 10.1. The lowest BCUT2D eigenvalue weighted by Gasteiger charge is -2.18. The van der Waals surface area contributed by atoms with Gasteiger partial charge in [0.25, 0.3) is 0 Å². The molecule has 1 aromatic carbocycles. The number of carbonyl (C=O) groups excluding carboxylic acids is 1. The molecule has 0 saturated heterocycles. The fourth-order valence-electron chi connectivity index (χ4n) is 1.89. The zero-order valence-electron chi connectivity index (χ0n) is 11.5. The van der Waals surface area contributed by atoms with Gasteiger partial charge in [0.1, 0.15) is 5.82 Å². The molecule has 0 radical (unpaired) electrons. The van der Waals surface area contributed by atoms with E-state index in [1.807, 2.05) is 37.3 Å². The highest BCUT2D eigenvalue weighted by Gasteiger charge is 2.22. The van der Waals surface area contributed by atoms with Gasteiger partial charge in [0.05, 0.1) is 12.8 Å². The molecule has 2 aromatic rings. The van der Waals surface area contributed by atoms with Gasteiger partial charge in [-0.15, -0.1) is 0 Å². The first-order valence-corrected chi connectivity index (χ1v) is 6.23. The maximum Gasteiger partial charge on any atom is 0.333 e. The number of pyridine rings is 1. The largest absolute Gasteiger partial charge is 0.467 e. The van der Waals surface area contributed by atoms with E-state index in [1.54, 1.807) is 12.3 Å². The van der Waals surface area contributed by atoms with Crippen LogP contribution in [0.25, 0.3) is 0 Å². The van der Waals surface area contributed by atoms with Crippen molar-refractivity contribution in [3.05, 3.63) is 53.7 Å². The summed E-state index contributed by atoms with van der Waals surface area (Å²) in [6, 6.07) is 10.5. The van der Waals surface area contributed by atoms with E-state index in [0.717, 1.165) is 11.1 Å². The van der Waals surface area contributed by atoms with Gasteiger partial charge in [-0.1, -0.05) is 30.3 Å². The summed E-state index contributed by atoms with van der Waals surface area (Å²) in [7, 11) is 1.35. The Morgan fingerprint density at radius 2 is 2.05 bits per heavy atom. The van der Waals surface area contributed by atoms with Gasteiger partial charge in [-0.3, -0.25) is 0 Å². The Bertz CT molecular complexity index is 599. The van der Waals surface area contributed by atoms with Crippen molar-refractivity contribution in [1.29, 1.82) is 0 Å². The standard InChI is InChI=1S/C15H17N3O2/c1-10-8-12(16)14(17-9-10)18-13(15(19)20-2)11-6-4-3-5-7-11/h3-9,13H,16H2,1-2H3,(H,17,18). The van der Waals surface area contributed by atoms with Crippen molar-refractivity contribution in [2.24, 2.45) is 0 Å². The molecular formula is C15H17N3O2. The molecule has 104 valence electrons. The number of nitrogens with one attached hydrogen (secondary N) is 1. The van der Waals surface area contributed by atoms with Crippen LogP contribution in [-0.4, -0.2) is 18.1 Å². The third-order valence-corrected chi connectivity index (χ3v) is 2.90. The van der Waals surface area contributed by atoms with E-state index in [1.165, 1.54) is 7.11 Å². The molecule has 0 spiro atoms.